The van der Waals surface area contributed by atoms with Gasteiger partial charge in [0.15, 0.2) is 0 Å². The van der Waals surface area contributed by atoms with Gasteiger partial charge in [-0.15, -0.1) is 0 Å². The van der Waals surface area contributed by atoms with Crippen LogP contribution in [-0.2, 0) is 52.5 Å². The molecule has 0 bridgehead atoms. The monoisotopic (exact) mass is 464 g/mol. The molecule has 0 saturated heterocycles. The molecule has 12 heteroatoms. The Balaban J connectivity index is 0. The predicted molar refractivity (Wildman–Crippen MR) is 107 cm³/mol. The van der Waals surface area contributed by atoms with Crippen LogP contribution < -0.4 is 0 Å². The summed E-state index contributed by atoms with van der Waals surface area (Å²) in [6.07, 6.45) is -2.64. The molecular weight excluding hydrogens is 432 g/mol. The van der Waals surface area contributed by atoms with Crippen LogP contribution in [0, 0.1) is 0 Å². The third kappa shape index (κ3) is 23.1. The van der Waals surface area contributed by atoms with Gasteiger partial charge in [0.25, 0.3) is 0 Å². The molecule has 184 valence electrons. The number of carboxylic acid groups (broad SMARTS) is 1. The highest BCUT2D eigenvalue weighted by Gasteiger charge is 2.18. The summed E-state index contributed by atoms with van der Waals surface area (Å²) in [5, 5.41) is 8.25. The molecule has 0 aromatic rings. The van der Waals surface area contributed by atoms with E-state index in [0.29, 0.717) is 0 Å². The minimum absolute atomic E-state index is 0.0666. The van der Waals surface area contributed by atoms with E-state index in [4.69, 9.17) is 14.6 Å². The molecule has 0 fully saturated rings. The van der Waals surface area contributed by atoms with Gasteiger partial charge in [-0.1, -0.05) is 0 Å². The fourth-order valence-corrected chi connectivity index (χ4v) is 1.81. The second-order valence-corrected chi connectivity index (χ2v) is 7.31. The summed E-state index contributed by atoms with van der Waals surface area (Å²) < 4.78 is 23.5. The van der Waals surface area contributed by atoms with Crippen LogP contribution in [-0.4, -0.2) is 59.1 Å². The molecule has 0 aliphatic carbocycles. The van der Waals surface area contributed by atoms with Crippen molar-refractivity contribution in [2.75, 3.05) is 0 Å². The fraction of sp³-hybridized carbons (Fsp3) is 0.700. The summed E-state index contributed by atoms with van der Waals surface area (Å²) in [4.78, 5) is 64.5. The summed E-state index contributed by atoms with van der Waals surface area (Å²) in [6.45, 7) is 10.4. The normalized spacial score (nSPS) is 12.1. The minimum atomic E-state index is -1.08. The van der Waals surface area contributed by atoms with Crippen molar-refractivity contribution in [3.63, 3.8) is 0 Å². The molecule has 0 amide bonds. The minimum Gasteiger partial charge on any atom is -0.481 e. The van der Waals surface area contributed by atoms with E-state index in [1.54, 1.807) is 20.8 Å². The first-order valence-electron chi connectivity index (χ1n) is 9.68. The summed E-state index contributed by atoms with van der Waals surface area (Å²) in [5.41, 5.74) is -0.577. The Bertz CT molecular complexity index is 662. The van der Waals surface area contributed by atoms with Crippen LogP contribution in [0.4, 0.5) is 0 Å². The molecule has 0 spiro atoms. The van der Waals surface area contributed by atoms with Gasteiger partial charge < -0.3 is 28.8 Å². The lowest BCUT2D eigenvalue weighted by Crippen LogP contribution is -2.25. The van der Waals surface area contributed by atoms with E-state index in [1.807, 2.05) is 0 Å². The van der Waals surface area contributed by atoms with Crippen LogP contribution in [0.15, 0.2) is 0 Å². The van der Waals surface area contributed by atoms with E-state index in [1.165, 1.54) is 27.7 Å². The predicted octanol–water partition coefficient (Wildman–Crippen LogP) is 1.86. The maximum Gasteiger partial charge on any atom is 0.309 e. The van der Waals surface area contributed by atoms with Gasteiger partial charge in [-0.05, 0) is 20.8 Å². The van der Waals surface area contributed by atoms with Crippen molar-refractivity contribution in [3.05, 3.63) is 0 Å². The quantitative estimate of drug-likeness (QED) is 0.283. The van der Waals surface area contributed by atoms with Crippen LogP contribution in [0.25, 0.3) is 0 Å². The number of esters is 5. The molecular formula is C20H32O12. The summed E-state index contributed by atoms with van der Waals surface area (Å²) >= 11 is 0. The van der Waals surface area contributed by atoms with Gasteiger partial charge in [-0.2, -0.15) is 0 Å². The average Bonchev–Trinajstić information content (AvgIpc) is 2.55. The maximum absolute atomic E-state index is 11.3. The number of carboxylic acids is 1. The number of carbonyl (C=O) groups excluding carboxylic acids is 5. The van der Waals surface area contributed by atoms with E-state index in [2.05, 4.69) is 14.2 Å². The van der Waals surface area contributed by atoms with Crippen LogP contribution >= 0.6 is 0 Å². The van der Waals surface area contributed by atoms with Gasteiger partial charge in [0.1, 0.15) is 5.60 Å². The van der Waals surface area contributed by atoms with Crippen molar-refractivity contribution in [3.8, 4) is 0 Å². The number of aliphatic carboxylic acids is 1. The van der Waals surface area contributed by atoms with Crippen LogP contribution in [0.3, 0.4) is 0 Å². The Morgan fingerprint density at radius 1 is 0.656 bits per heavy atom. The Morgan fingerprint density at radius 3 is 1.31 bits per heavy atom. The van der Waals surface area contributed by atoms with E-state index >= 15 is 0 Å². The van der Waals surface area contributed by atoms with Gasteiger partial charge in [-0.25, -0.2) is 0 Å². The molecule has 0 radical (unpaired) electrons. The molecule has 2 atom stereocenters. The highest BCUT2D eigenvalue weighted by atomic mass is 16.7. The fourth-order valence-electron chi connectivity index (χ4n) is 1.81. The third-order valence-corrected chi connectivity index (χ3v) is 2.75. The molecule has 0 aromatic carbocycles. The van der Waals surface area contributed by atoms with Gasteiger partial charge in [-0.3, -0.25) is 28.8 Å². The second-order valence-electron chi connectivity index (χ2n) is 7.31. The highest BCUT2D eigenvalue weighted by molar-refractivity contribution is 5.78. The lowest BCUT2D eigenvalue weighted by Gasteiger charge is -2.19. The van der Waals surface area contributed by atoms with Crippen molar-refractivity contribution in [2.24, 2.45) is 0 Å². The van der Waals surface area contributed by atoms with Crippen molar-refractivity contribution in [1.82, 2.24) is 0 Å². The largest absolute Gasteiger partial charge is 0.481 e. The van der Waals surface area contributed by atoms with Crippen molar-refractivity contribution < 1.29 is 57.6 Å². The number of carbonyl (C=O) groups is 6. The van der Waals surface area contributed by atoms with Gasteiger partial charge >= 0.3 is 35.8 Å². The van der Waals surface area contributed by atoms with Crippen molar-refractivity contribution >= 4 is 35.8 Å². The summed E-state index contributed by atoms with van der Waals surface area (Å²) in [7, 11) is 0. The van der Waals surface area contributed by atoms with Crippen LogP contribution in [0.5, 0.6) is 0 Å². The molecule has 2 unspecified atom stereocenters. The van der Waals surface area contributed by atoms with E-state index < -0.39 is 54.0 Å². The number of hydrogen-bond donors (Lipinski definition) is 1. The second kappa shape index (κ2) is 15.6. The molecule has 0 aromatic heterocycles. The number of hydrogen-bond acceptors (Lipinski definition) is 11. The Morgan fingerprint density at radius 2 is 1.00 bits per heavy atom. The van der Waals surface area contributed by atoms with Gasteiger partial charge in [0.05, 0.1) is 25.7 Å². The third-order valence-electron chi connectivity index (χ3n) is 2.75. The molecule has 0 heterocycles. The first-order valence-corrected chi connectivity index (χ1v) is 9.68. The number of rotatable bonds is 10. The van der Waals surface area contributed by atoms with Crippen LogP contribution in [0.1, 0.15) is 74.1 Å². The molecule has 32 heavy (non-hydrogen) atoms. The first kappa shape index (κ1) is 31.0. The standard InChI is InChI=1S/C12H20O6.C8H12O6/c1-8(13)16-9(2)17-10(14)6-7-11(15)18-12(3,4)5;1-5(9)13-6(2)14-8(12)4-3-7(10)11/h9H,6-7H2,1-5H3;6H,3-4H2,1-2H3,(H,10,11). The van der Waals surface area contributed by atoms with E-state index in [-0.39, 0.29) is 25.7 Å². The Hall–Kier alpha value is -3.18. The van der Waals surface area contributed by atoms with Crippen molar-refractivity contribution in [2.45, 2.75) is 92.3 Å². The van der Waals surface area contributed by atoms with E-state index in [0.717, 1.165) is 0 Å². The topological polar surface area (TPSA) is 169 Å². The van der Waals surface area contributed by atoms with Crippen LogP contribution in [0.2, 0.25) is 0 Å². The zero-order valence-corrected chi connectivity index (χ0v) is 19.4. The van der Waals surface area contributed by atoms with Crippen molar-refractivity contribution in [1.29, 1.82) is 0 Å². The maximum atomic E-state index is 11.3. The summed E-state index contributed by atoms with van der Waals surface area (Å²) in [6, 6.07) is 0. The molecule has 0 rings (SSSR count). The zero-order valence-electron chi connectivity index (χ0n) is 19.4. The molecule has 12 nitrogen and oxygen atoms in total. The lowest BCUT2D eigenvalue weighted by molar-refractivity contribution is -0.185. The average molecular weight is 464 g/mol. The molecule has 0 aliphatic rings. The zero-order chi connectivity index (χ0) is 25.5. The Kier molecular flexibility index (Phi) is 15.1. The first-order chi connectivity index (χ1) is 14.5. The molecule has 1 N–H and O–H groups in total. The SMILES string of the molecule is CC(=O)OC(C)OC(=O)CCC(=O)O.CC(=O)OC(C)OC(=O)CCC(=O)OC(C)(C)C. The molecule has 0 aliphatic heterocycles. The smallest absolute Gasteiger partial charge is 0.309 e. The molecule has 0 saturated carbocycles. The highest BCUT2D eigenvalue weighted by Crippen LogP contribution is 2.10. The van der Waals surface area contributed by atoms with Gasteiger partial charge in [0, 0.05) is 27.7 Å². The van der Waals surface area contributed by atoms with E-state index in [9.17, 15) is 28.8 Å². The lowest BCUT2D eigenvalue weighted by atomic mass is 10.2. The Labute approximate surface area is 186 Å². The number of ether oxygens (including phenoxy) is 5. The summed E-state index contributed by atoms with van der Waals surface area (Å²) in [5.74, 6) is -3.98. The van der Waals surface area contributed by atoms with Gasteiger partial charge in [0.2, 0.25) is 12.6 Å².